The van der Waals surface area contributed by atoms with Crippen molar-refractivity contribution in [2.24, 2.45) is 0 Å². The summed E-state index contributed by atoms with van der Waals surface area (Å²) < 4.78 is 0. The number of aromatic nitrogens is 2. The smallest absolute Gasteiger partial charge is 0.159 e. The third-order valence-corrected chi connectivity index (χ3v) is 4.62. The van der Waals surface area contributed by atoms with E-state index in [1.54, 1.807) is 0 Å². The Morgan fingerprint density at radius 3 is 2.56 bits per heavy atom. The van der Waals surface area contributed by atoms with Crippen LogP contribution in [0.3, 0.4) is 0 Å². The first kappa shape index (κ1) is 15.6. The Kier molecular flexibility index (Phi) is 4.04. The van der Waals surface area contributed by atoms with E-state index < -0.39 is 0 Å². The van der Waals surface area contributed by atoms with E-state index in [1.807, 2.05) is 36.4 Å². The standard InChI is InChI=1S/C20H19N5/c1-14-13-25(11-10-22-14)20-18-5-3-2-4-17(18)19(23-24-20)16-8-6-15(12-21)7-9-16/h2-9,14,22H,10-11,13H2,1H3. The van der Waals surface area contributed by atoms with E-state index in [-0.39, 0.29) is 0 Å². The van der Waals surface area contributed by atoms with Gasteiger partial charge in [0.25, 0.3) is 0 Å². The highest BCUT2D eigenvalue weighted by Crippen LogP contribution is 2.31. The molecule has 5 nitrogen and oxygen atoms in total. The fraction of sp³-hybridized carbons (Fsp3) is 0.250. The first-order valence-electron chi connectivity index (χ1n) is 8.50. The van der Waals surface area contributed by atoms with Crippen molar-refractivity contribution in [2.75, 3.05) is 24.5 Å². The zero-order valence-electron chi connectivity index (χ0n) is 14.1. The van der Waals surface area contributed by atoms with E-state index in [0.29, 0.717) is 11.6 Å². The van der Waals surface area contributed by atoms with E-state index >= 15 is 0 Å². The molecule has 2 heterocycles. The van der Waals surface area contributed by atoms with Gasteiger partial charge in [-0.1, -0.05) is 36.4 Å². The maximum absolute atomic E-state index is 8.98. The molecule has 5 heteroatoms. The van der Waals surface area contributed by atoms with Crippen LogP contribution in [0.15, 0.2) is 48.5 Å². The first-order chi connectivity index (χ1) is 12.3. The summed E-state index contributed by atoms with van der Waals surface area (Å²) in [6, 6.07) is 18.4. The number of rotatable bonds is 2. The van der Waals surface area contributed by atoms with Crippen LogP contribution in [-0.4, -0.2) is 35.9 Å². The van der Waals surface area contributed by atoms with Crippen molar-refractivity contribution in [1.82, 2.24) is 15.5 Å². The van der Waals surface area contributed by atoms with Gasteiger partial charge in [0.05, 0.1) is 11.6 Å². The molecule has 1 aromatic heterocycles. The van der Waals surface area contributed by atoms with Crippen molar-refractivity contribution in [3.05, 3.63) is 54.1 Å². The zero-order valence-corrected chi connectivity index (χ0v) is 14.1. The largest absolute Gasteiger partial charge is 0.352 e. The van der Waals surface area contributed by atoms with Crippen LogP contribution in [0.4, 0.5) is 5.82 Å². The number of nitriles is 1. The summed E-state index contributed by atoms with van der Waals surface area (Å²) in [6.07, 6.45) is 0. The first-order valence-corrected chi connectivity index (χ1v) is 8.50. The van der Waals surface area contributed by atoms with Crippen LogP contribution < -0.4 is 10.2 Å². The van der Waals surface area contributed by atoms with Gasteiger partial charge in [0.2, 0.25) is 0 Å². The quantitative estimate of drug-likeness (QED) is 0.783. The monoisotopic (exact) mass is 329 g/mol. The molecule has 0 radical (unpaired) electrons. The molecule has 0 spiro atoms. The van der Waals surface area contributed by atoms with Gasteiger partial charge in [-0.2, -0.15) is 5.26 Å². The Morgan fingerprint density at radius 1 is 1.08 bits per heavy atom. The van der Waals surface area contributed by atoms with Crippen LogP contribution >= 0.6 is 0 Å². The highest BCUT2D eigenvalue weighted by Gasteiger charge is 2.20. The van der Waals surface area contributed by atoms with Crippen LogP contribution in [0, 0.1) is 11.3 Å². The van der Waals surface area contributed by atoms with Gasteiger partial charge < -0.3 is 10.2 Å². The number of piperazine rings is 1. The molecule has 1 aliphatic heterocycles. The number of nitrogens with zero attached hydrogens (tertiary/aromatic N) is 4. The third kappa shape index (κ3) is 2.92. The SMILES string of the molecule is CC1CN(c2nnc(-c3ccc(C#N)cc3)c3ccccc23)CCN1. The minimum absolute atomic E-state index is 0.438. The van der Waals surface area contributed by atoms with Crippen molar-refractivity contribution >= 4 is 16.6 Å². The second-order valence-corrected chi connectivity index (χ2v) is 6.41. The summed E-state index contributed by atoms with van der Waals surface area (Å²) in [5, 5.41) is 23.8. The van der Waals surface area contributed by atoms with E-state index in [9.17, 15) is 0 Å². The van der Waals surface area contributed by atoms with E-state index in [2.05, 4.69) is 45.5 Å². The van der Waals surface area contributed by atoms with Crippen molar-refractivity contribution in [3.8, 4) is 17.3 Å². The second kappa shape index (κ2) is 6.50. The molecule has 0 bridgehead atoms. The molecule has 1 atom stereocenters. The number of hydrogen-bond donors (Lipinski definition) is 1. The average molecular weight is 329 g/mol. The van der Waals surface area contributed by atoms with Gasteiger partial charge in [-0.25, -0.2) is 0 Å². The fourth-order valence-electron chi connectivity index (χ4n) is 3.36. The Hall–Kier alpha value is -2.97. The molecule has 1 unspecified atom stereocenters. The average Bonchev–Trinajstić information content (AvgIpc) is 2.67. The molecule has 124 valence electrons. The molecular formula is C20H19N5. The lowest BCUT2D eigenvalue weighted by molar-refractivity contribution is 0.482. The molecule has 2 aromatic carbocycles. The topological polar surface area (TPSA) is 64.8 Å². The zero-order chi connectivity index (χ0) is 17.2. The maximum atomic E-state index is 8.98. The second-order valence-electron chi connectivity index (χ2n) is 6.41. The molecule has 0 aliphatic carbocycles. The van der Waals surface area contributed by atoms with Gasteiger partial charge in [0.1, 0.15) is 5.69 Å². The van der Waals surface area contributed by atoms with Gasteiger partial charge in [-0.15, -0.1) is 10.2 Å². The van der Waals surface area contributed by atoms with Gasteiger partial charge in [-0.3, -0.25) is 0 Å². The molecule has 1 N–H and O–H groups in total. The number of anilines is 1. The van der Waals surface area contributed by atoms with Crippen molar-refractivity contribution in [1.29, 1.82) is 5.26 Å². The molecule has 4 rings (SSSR count). The lowest BCUT2D eigenvalue weighted by atomic mass is 10.0. The summed E-state index contributed by atoms with van der Waals surface area (Å²) in [5.74, 6) is 0.946. The van der Waals surface area contributed by atoms with E-state index in [4.69, 9.17) is 5.26 Å². The summed E-state index contributed by atoms with van der Waals surface area (Å²) in [7, 11) is 0. The molecular weight excluding hydrogens is 310 g/mol. The molecule has 1 aliphatic rings. The van der Waals surface area contributed by atoms with Crippen molar-refractivity contribution in [2.45, 2.75) is 13.0 Å². The molecule has 3 aromatic rings. The summed E-state index contributed by atoms with van der Waals surface area (Å²) in [6.45, 7) is 5.00. The number of benzene rings is 2. The fourth-order valence-corrected chi connectivity index (χ4v) is 3.36. The molecule has 25 heavy (non-hydrogen) atoms. The predicted octanol–water partition coefficient (Wildman–Crippen LogP) is 2.97. The maximum Gasteiger partial charge on any atom is 0.159 e. The molecule has 1 saturated heterocycles. The highest BCUT2D eigenvalue weighted by molar-refractivity contribution is 6.00. The molecule has 0 amide bonds. The van der Waals surface area contributed by atoms with Crippen LogP contribution in [0.2, 0.25) is 0 Å². The molecule has 1 fully saturated rings. The summed E-state index contributed by atoms with van der Waals surface area (Å²) >= 11 is 0. The van der Waals surface area contributed by atoms with Crippen molar-refractivity contribution < 1.29 is 0 Å². The Labute approximate surface area is 146 Å². The van der Waals surface area contributed by atoms with Gasteiger partial charge in [0, 0.05) is 42.0 Å². The van der Waals surface area contributed by atoms with Crippen LogP contribution in [0.25, 0.3) is 22.0 Å². The van der Waals surface area contributed by atoms with E-state index in [1.165, 1.54) is 0 Å². The van der Waals surface area contributed by atoms with Crippen molar-refractivity contribution in [3.63, 3.8) is 0 Å². The van der Waals surface area contributed by atoms with Gasteiger partial charge in [0.15, 0.2) is 5.82 Å². The highest BCUT2D eigenvalue weighted by atomic mass is 15.3. The van der Waals surface area contributed by atoms with Crippen LogP contribution in [0.5, 0.6) is 0 Å². The summed E-state index contributed by atoms with van der Waals surface area (Å²) in [4.78, 5) is 2.30. The minimum Gasteiger partial charge on any atom is -0.352 e. The van der Waals surface area contributed by atoms with Crippen LogP contribution in [-0.2, 0) is 0 Å². The Morgan fingerprint density at radius 2 is 1.84 bits per heavy atom. The molecule has 0 saturated carbocycles. The minimum atomic E-state index is 0.438. The third-order valence-electron chi connectivity index (χ3n) is 4.62. The normalized spacial score (nSPS) is 17.4. The predicted molar refractivity (Wildman–Crippen MR) is 99.4 cm³/mol. The van der Waals surface area contributed by atoms with Crippen LogP contribution in [0.1, 0.15) is 12.5 Å². The van der Waals surface area contributed by atoms with E-state index in [0.717, 1.165) is 47.5 Å². The van der Waals surface area contributed by atoms with Gasteiger partial charge in [-0.05, 0) is 19.1 Å². The summed E-state index contributed by atoms with van der Waals surface area (Å²) in [5.41, 5.74) is 2.47. The van der Waals surface area contributed by atoms with Gasteiger partial charge >= 0.3 is 0 Å². The number of nitrogens with one attached hydrogen (secondary N) is 1. The Bertz CT molecular complexity index is 942. The number of hydrogen-bond acceptors (Lipinski definition) is 5. The number of fused-ring (bicyclic) bond motifs is 1. The Balaban J connectivity index is 1.82. The lowest BCUT2D eigenvalue weighted by Gasteiger charge is -2.33. The lowest BCUT2D eigenvalue weighted by Crippen LogP contribution is -2.49.